The molecule has 4 heteroatoms. The summed E-state index contributed by atoms with van der Waals surface area (Å²) < 4.78 is 0. The Morgan fingerprint density at radius 1 is 1.10 bits per heavy atom. The molecule has 0 aliphatic rings. The van der Waals surface area contributed by atoms with E-state index in [0.29, 0.717) is 6.54 Å². The number of benzene rings is 2. The first kappa shape index (κ1) is 15.1. The number of nitrogens with one attached hydrogen (secondary N) is 1. The van der Waals surface area contributed by atoms with E-state index in [4.69, 9.17) is 10.8 Å². The molecular weight excluding hydrogens is 264 g/mol. The number of nitrogens with two attached hydrogens (primary N) is 1. The topological polar surface area (TPSA) is 75.3 Å². The van der Waals surface area contributed by atoms with Gasteiger partial charge in [0.1, 0.15) is 0 Å². The lowest BCUT2D eigenvalue weighted by Crippen LogP contribution is -2.27. The van der Waals surface area contributed by atoms with Gasteiger partial charge in [-0.05, 0) is 49.2 Å². The minimum Gasteiger partial charge on any atom is -0.478 e. The highest BCUT2D eigenvalue weighted by atomic mass is 16.4. The van der Waals surface area contributed by atoms with E-state index < -0.39 is 5.97 Å². The Balaban J connectivity index is 2.17. The summed E-state index contributed by atoms with van der Waals surface area (Å²) in [4.78, 5) is 10.8. The van der Waals surface area contributed by atoms with Gasteiger partial charge in [0.15, 0.2) is 0 Å². The van der Waals surface area contributed by atoms with Gasteiger partial charge in [-0.15, -0.1) is 0 Å². The van der Waals surface area contributed by atoms with Gasteiger partial charge >= 0.3 is 5.97 Å². The number of rotatable bonds is 5. The first-order chi connectivity index (χ1) is 9.92. The summed E-state index contributed by atoms with van der Waals surface area (Å²) in [5.41, 5.74) is 8.75. The van der Waals surface area contributed by atoms with Crippen molar-refractivity contribution in [1.82, 2.24) is 0 Å². The van der Waals surface area contributed by atoms with Crippen molar-refractivity contribution < 1.29 is 9.90 Å². The predicted molar refractivity (Wildman–Crippen MR) is 84.4 cm³/mol. The molecule has 4 nitrogen and oxygen atoms in total. The van der Waals surface area contributed by atoms with Gasteiger partial charge in [0.25, 0.3) is 0 Å². The second-order valence-electron chi connectivity index (χ2n) is 5.53. The van der Waals surface area contributed by atoms with Crippen molar-refractivity contribution in [2.45, 2.75) is 25.9 Å². The Labute approximate surface area is 124 Å². The number of carbonyl (C=O) groups is 1. The zero-order valence-electron chi connectivity index (χ0n) is 12.3. The van der Waals surface area contributed by atoms with Crippen LogP contribution in [0.5, 0.6) is 0 Å². The maximum atomic E-state index is 10.8. The van der Waals surface area contributed by atoms with E-state index in [1.807, 2.05) is 12.1 Å². The van der Waals surface area contributed by atoms with E-state index in [1.54, 1.807) is 24.3 Å². The maximum Gasteiger partial charge on any atom is 0.335 e. The molecule has 0 heterocycles. The molecule has 2 aromatic rings. The first-order valence-corrected chi connectivity index (χ1v) is 6.83. The minimum absolute atomic E-state index is 0.266. The predicted octanol–water partition coefficient (Wildman–Crippen LogP) is 3.19. The molecular formula is C17H20N2O2. The van der Waals surface area contributed by atoms with Gasteiger partial charge in [-0.2, -0.15) is 0 Å². The van der Waals surface area contributed by atoms with Crippen molar-refractivity contribution in [2.75, 3.05) is 5.32 Å². The van der Waals surface area contributed by atoms with Gasteiger partial charge in [-0.25, -0.2) is 4.79 Å². The average molecular weight is 284 g/mol. The van der Waals surface area contributed by atoms with Crippen LogP contribution in [0.1, 0.15) is 35.3 Å². The van der Waals surface area contributed by atoms with Crippen LogP contribution in [0, 0.1) is 0 Å². The number of carboxylic acid groups (broad SMARTS) is 1. The fraction of sp³-hybridized carbons (Fsp3) is 0.235. The first-order valence-electron chi connectivity index (χ1n) is 6.83. The molecule has 2 aromatic carbocycles. The Kier molecular flexibility index (Phi) is 4.29. The van der Waals surface area contributed by atoms with Crippen LogP contribution in [-0.2, 0) is 12.1 Å². The molecule has 0 amide bonds. The summed E-state index contributed by atoms with van der Waals surface area (Å²) in [6.45, 7) is 4.69. The summed E-state index contributed by atoms with van der Waals surface area (Å²) in [7, 11) is 0. The molecule has 0 fully saturated rings. The SMILES string of the molecule is CC(C)(Nc1ccc(C(=O)O)cc1)c1ccc(CN)cc1. The fourth-order valence-corrected chi connectivity index (χ4v) is 2.19. The fourth-order valence-electron chi connectivity index (χ4n) is 2.19. The normalized spacial score (nSPS) is 11.2. The Hall–Kier alpha value is -2.33. The van der Waals surface area contributed by atoms with Crippen molar-refractivity contribution in [1.29, 1.82) is 0 Å². The van der Waals surface area contributed by atoms with Gasteiger partial charge in [0.2, 0.25) is 0 Å². The van der Waals surface area contributed by atoms with Crippen LogP contribution in [0.2, 0.25) is 0 Å². The van der Waals surface area contributed by atoms with Gasteiger partial charge < -0.3 is 16.2 Å². The number of carboxylic acids is 1. The third-order valence-electron chi connectivity index (χ3n) is 3.50. The Bertz CT molecular complexity index is 616. The molecule has 0 spiro atoms. The van der Waals surface area contributed by atoms with Crippen LogP contribution < -0.4 is 11.1 Å². The van der Waals surface area contributed by atoms with E-state index in [-0.39, 0.29) is 11.1 Å². The molecule has 0 atom stereocenters. The lowest BCUT2D eigenvalue weighted by molar-refractivity contribution is 0.0697. The smallest absolute Gasteiger partial charge is 0.335 e. The number of anilines is 1. The number of hydrogen-bond donors (Lipinski definition) is 3. The molecule has 0 radical (unpaired) electrons. The monoisotopic (exact) mass is 284 g/mol. The van der Waals surface area contributed by atoms with Gasteiger partial charge in [-0.3, -0.25) is 0 Å². The van der Waals surface area contributed by atoms with Crippen LogP contribution >= 0.6 is 0 Å². The van der Waals surface area contributed by atoms with E-state index in [9.17, 15) is 4.79 Å². The summed E-state index contributed by atoms with van der Waals surface area (Å²) in [6.07, 6.45) is 0. The van der Waals surface area contributed by atoms with Gasteiger partial charge in [-0.1, -0.05) is 24.3 Å². The lowest BCUT2D eigenvalue weighted by atomic mass is 9.93. The minimum atomic E-state index is -0.918. The van der Waals surface area contributed by atoms with Crippen LogP contribution in [0.15, 0.2) is 48.5 Å². The largest absolute Gasteiger partial charge is 0.478 e. The van der Waals surface area contributed by atoms with Crippen molar-refractivity contribution >= 4 is 11.7 Å². The molecule has 110 valence electrons. The van der Waals surface area contributed by atoms with Gasteiger partial charge in [0.05, 0.1) is 11.1 Å². The van der Waals surface area contributed by atoms with Crippen molar-refractivity contribution in [3.8, 4) is 0 Å². The van der Waals surface area contributed by atoms with Crippen LogP contribution in [-0.4, -0.2) is 11.1 Å². The molecule has 0 aliphatic heterocycles. The second-order valence-corrected chi connectivity index (χ2v) is 5.53. The zero-order chi connectivity index (χ0) is 15.5. The highest BCUT2D eigenvalue weighted by Crippen LogP contribution is 2.26. The van der Waals surface area contributed by atoms with E-state index in [0.717, 1.165) is 16.8 Å². The van der Waals surface area contributed by atoms with Crippen LogP contribution in [0.3, 0.4) is 0 Å². The quantitative estimate of drug-likeness (QED) is 0.788. The molecule has 0 aromatic heterocycles. The highest BCUT2D eigenvalue weighted by molar-refractivity contribution is 5.88. The molecule has 0 saturated carbocycles. The summed E-state index contributed by atoms with van der Waals surface area (Å²) in [5.74, 6) is -0.918. The van der Waals surface area contributed by atoms with Crippen molar-refractivity contribution in [2.24, 2.45) is 5.73 Å². The zero-order valence-corrected chi connectivity index (χ0v) is 12.3. The molecule has 0 unspecified atom stereocenters. The van der Waals surface area contributed by atoms with E-state index in [2.05, 4.69) is 31.3 Å². The number of hydrogen-bond acceptors (Lipinski definition) is 3. The van der Waals surface area contributed by atoms with Crippen molar-refractivity contribution in [3.63, 3.8) is 0 Å². The lowest BCUT2D eigenvalue weighted by Gasteiger charge is -2.28. The van der Waals surface area contributed by atoms with E-state index >= 15 is 0 Å². The standard InChI is InChI=1S/C17H20N2O2/c1-17(2,14-7-3-12(11-18)4-8-14)19-15-9-5-13(6-10-15)16(20)21/h3-10,19H,11,18H2,1-2H3,(H,20,21). The Morgan fingerprint density at radius 3 is 2.14 bits per heavy atom. The van der Waals surface area contributed by atoms with Crippen LogP contribution in [0.4, 0.5) is 5.69 Å². The average Bonchev–Trinajstić information content (AvgIpc) is 2.47. The second kappa shape index (κ2) is 5.97. The molecule has 0 aliphatic carbocycles. The third-order valence-corrected chi connectivity index (χ3v) is 3.50. The summed E-state index contributed by atoms with van der Waals surface area (Å²) in [5, 5.41) is 12.3. The Morgan fingerprint density at radius 2 is 1.67 bits per heavy atom. The highest BCUT2D eigenvalue weighted by Gasteiger charge is 2.20. The summed E-state index contributed by atoms with van der Waals surface area (Å²) in [6, 6.07) is 14.9. The molecule has 21 heavy (non-hydrogen) atoms. The summed E-state index contributed by atoms with van der Waals surface area (Å²) >= 11 is 0. The molecule has 0 bridgehead atoms. The van der Waals surface area contributed by atoms with Crippen molar-refractivity contribution in [3.05, 3.63) is 65.2 Å². The maximum absolute atomic E-state index is 10.8. The van der Waals surface area contributed by atoms with Gasteiger partial charge in [0, 0.05) is 12.2 Å². The number of aromatic carboxylic acids is 1. The molecule has 0 saturated heterocycles. The molecule has 2 rings (SSSR count). The third kappa shape index (κ3) is 3.61. The molecule has 4 N–H and O–H groups in total. The van der Waals surface area contributed by atoms with E-state index in [1.165, 1.54) is 0 Å². The van der Waals surface area contributed by atoms with Crippen LogP contribution in [0.25, 0.3) is 0 Å².